The van der Waals surface area contributed by atoms with Crippen LogP contribution < -0.4 is 9.62 Å². The average Bonchev–Trinajstić information content (AvgIpc) is 2.67. The molecule has 0 aliphatic heterocycles. The summed E-state index contributed by atoms with van der Waals surface area (Å²) in [5.41, 5.74) is 1.54. The molecule has 0 spiro atoms. The van der Waals surface area contributed by atoms with Crippen LogP contribution in [0.5, 0.6) is 0 Å². The highest BCUT2D eigenvalue weighted by atomic mass is 32.2. The number of carbonyl (C=O) groups excluding carboxylic acids is 1. The van der Waals surface area contributed by atoms with Gasteiger partial charge in [-0.25, -0.2) is 8.42 Å². The summed E-state index contributed by atoms with van der Waals surface area (Å²) in [6, 6.07) is 15.3. The molecule has 0 fully saturated rings. The van der Waals surface area contributed by atoms with Gasteiger partial charge in [0.15, 0.2) is 0 Å². The first-order valence-corrected chi connectivity index (χ1v) is 9.85. The Hall–Kier alpha value is -2.38. The standard InChI is InChI=1S/C19H24N2O4S/c1-3-16-9-11-17(12-10-16)21(15-19(22)20-13-14-25-2)26(23,24)18-7-5-4-6-8-18/h4-12H,3,13-15H2,1-2H3,(H,20,22). The van der Waals surface area contributed by atoms with Crippen molar-refractivity contribution in [1.82, 2.24) is 5.32 Å². The highest BCUT2D eigenvalue weighted by molar-refractivity contribution is 7.92. The van der Waals surface area contributed by atoms with Gasteiger partial charge in [0.2, 0.25) is 5.91 Å². The average molecular weight is 376 g/mol. The lowest BCUT2D eigenvalue weighted by atomic mass is 10.1. The zero-order valence-corrected chi connectivity index (χ0v) is 15.8. The molecule has 7 heteroatoms. The molecule has 1 N–H and O–H groups in total. The minimum absolute atomic E-state index is 0.143. The molecule has 2 rings (SSSR count). The quantitative estimate of drug-likeness (QED) is 0.681. The molecule has 0 atom stereocenters. The normalized spacial score (nSPS) is 11.2. The molecule has 0 radical (unpaired) electrons. The summed E-state index contributed by atoms with van der Waals surface area (Å²) in [6.07, 6.45) is 0.850. The van der Waals surface area contributed by atoms with Crippen molar-refractivity contribution >= 4 is 21.6 Å². The molecule has 2 aromatic carbocycles. The fourth-order valence-corrected chi connectivity index (χ4v) is 3.85. The number of hydrogen-bond donors (Lipinski definition) is 1. The van der Waals surface area contributed by atoms with E-state index in [9.17, 15) is 13.2 Å². The van der Waals surface area contributed by atoms with Crippen molar-refractivity contribution in [1.29, 1.82) is 0 Å². The van der Waals surface area contributed by atoms with Gasteiger partial charge >= 0.3 is 0 Å². The van der Waals surface area contributed by atoms with E-state index >= 15 is 0 Å². The number of methoxy groups -OCH3 is 1. The van der Waals surface area contributed by atoms with E-state index in [2.05, 4.69) is 5.32 Å². The van der Waals surface area contributed by atoms with Crippen molar-refractivity contribution in [3.05, 3.63) is 60.2 Å². The van der Waals surface area contributed by atoms with Crippen molar-refractivity contribution in [2.45, 2.75) is 18.2 Å². The van der Waals surface area contributed by atoms with Crippen molar-refractivity contribution < 1.29 is 17.9 Å². The molecule has 26 heavy (non-hydrogen) atoms. The van der Waals surface area contributed by atoms with Crippen LogP contribution in [-0.2, 0) is 26.0 Å². The van der Waals surface area contributed by atoms with Gasteiger partial charge in [-0.1, -0.05) is 37.3 Å². The maximum absolute atomic E-state index is 13.1. The Morgan fingerprint density at radius 1 is 1.08 bits per heavy atom. The molecule has 6 nitrogen and oxygen atoms in total. The maximum atomic E-state index is 13.1. The zero-order chi connectivity index (χ0) is 19.0. The Morgan fingerprint density at radius 3 is 2.31 bits per heavy atom. The number of carbonyl (C=O) groups is 1. The Balaban J connectivity index is 2.33. The van der Waals surface area contributed by atoms with Gasteiger partial charge in [-0.2, -0.15) is 0 Å². The molecule has 140 valence electrons. The molecule has 0 bridgehead atoms. The van der Waals surface area contributed by atoms with E-state index in [-0.39, 0.29) is 17.3 Å². The second-order valence-corrected chi connectivity index (χ2v) is 7.55. The smallest absolute Gasteiger partial charge is 0.264 e. The van der Waals surface area contributed by atoms with E-state index < -0.39 is 10.0 Å². The molecule has 1 amide bonds. The van der Waals surface area contributed by atoms with Gasteiger partial charge in [0.25, 0.3) is 10.0 Å². The number of nitrogens with one attached hydrogen (secondary N) is 1. The highest BCUT2D eigenvalue weighted by Gasteiger charge is 2.26. The molecule has 2 aromatic rings. The summed E-state index contributed by atoms with van der Waals surface area (Å²) in [5, 5.41) is 2.66. The van der Waals surface area contributed by atoms with Crippen LogP contribution in [0.2, 0.25) is 0 Å². The van der Waals surface area contributed by atoms with E-state index in [1.54, 1.807) is 30.3 Å². The predicted molar refractivity (Wildman–Crippen MR) is 102 cm³/mol. The van der Waals surface area contributed by atoms with Crippen molar-refractivity contribution in [3.8, 4) is 0 Å². The number of nitrogens with zero attached hydrogens (tertiary/aromatic N) is 1. The number of rotatable bonds is 9. The third-order valence-electron chi connectivity index (χ3n) is 3.88. The topological polar surface area (TPSA) is 75.7 Å². The van der Waals surface area contributed by atoms with Crippen LogP contribution >= 0.6 is 0 Å². The van der Waals surface area contributed by atoms with E-state index in [1.165, 1.54) is 19.2 Å². The molecular formula is C19H24N2O4S. The first-order valence-electron chi connectivity index (χ1n) is 8.41. The lowest BCUT2D eigenvalue weighted by molar-refractivity contribution is -0.119. The lowest BCUT2D eigenvalue weighted by Gasteiger charge is -2.24. The summed E-state index contributed by atoms with van der Waals surface area (Å²) in [4.78, 5) is 12.4. The molecule has 0 aliphatic carbocycles. The molecule has 0 heterocycles. The SMILES string of the molecule is CCc1ccc(N(CC(=O)NCCOC)S(=O)(=O)c2ccccc2)cc1. The first-order chi connectivity index (χ1) is 12.5. The number of anilines is 1. The number of ether oxygens (including phenoxy) is 1. The van der Waals surface area contributed by atoms with Gasteiger partial charge in [0, 0.05) is 13.7 Å². The highest BCUT2D eigenvalue weighted by Crippen LogP contribution is 2.24. The molecule has 0 aliphatic rings. The Kier molecular flexibility index (Phi) is 7.17. The van der Waals surface area contributed by atoms with Crippen LogP contribution in [0.25, 0.3) is 0 Å². The monoisotopic (exact) mass is 376 g/mol. The van der Waals surface area contributed by atoms with Crippen LogP contribution in [0, 0.1) is 0 Å². The Labute approximate surface area is 154 Å². The number of benzene rings is 2. The van der Waals surface area contributed by atoms with Gasteiger partial charge < -0.3 is 10.1 Å². The molecule has 0 saturated carbocycles. The first kappa shape index (κ1) is 19.9. The second kappa shape index (κ2) is 9.35. The Morgan fingerprint density at radius 2 is 1.73 bits per heavy atom. The second-order valence-electron chi connectivity index (χ2n) is 5.69. The van der Waals surface area contributed by atoms with E-state index in [0.717, 1.165) is 16.3 Å². The number of hydrogen-bond acceptors (Lipinski definition) is 4. The number of amides is 1. The van der Waals surface area contributed by atoms with Crippen molar-refractivity contribution in [2.24, 2.45) is 0 Å². The summed E-state index contributed by atoms with van der Waals surface area (Å²) in [7, 11) is -2.32. The zero-order valence-electron chi connectivity index (χ0n) is 15.0. The van der Waals surface area contributed by atoms with E-state index in [4.69, 9.17) is 4.74 Å². The largest absolute Gasteiger partial charge is 0.383 e. The van der Waals surface area contributed by atoms with Gasteiger partial charge in [0.1, 0.15) is 6.54 Å². The predicted octanol–water partition coefficient (Wildman–Crippen LogP) is 2.21. The fraction of sp³-hybridized carbons (Fsp3) is 0.316. The molecule has 0 aromatic heterocycles. The van der Waals surface area contributed by atoms with Crippen LogP contribution in [0.3, 0.4) is 0 Å². The number of sulfonamides is 1. The van der Waals surface area contributed by atoms with E-state index in [0.29, 0.717) is 18.8 Å². The molecular weight excluding hydrogens is 352 g/mol. The molecule has 0 saturated heterocycles. The summed E-state index contributed by atoms with van der Waals surface area (Å²) < 4.78 is 32.2. The summed E-state index contributed by atoms with van der Waals surface area (Å²) in [5.74, 6) is -0.388. The number of aryl methyl sites for hydroxylation is 1. The van der Waals surface area contributed by atoms with Gasteiger partial charge in [-0.05, 0) is 36.2 Å². The summed E-state index contributed by atoms with van der Waals surface area (Å²) >= 11 is 0. The van der Waals surface area contributed by atoms with Crippen LogP contribution in [0.4, 0.5) is 5.69 Å². The van der Waals surface area contributed by atoms with Crippen molar-refractivity contribution in [3.63, 3.8) is 0 Å². The van der Waals surface area contributed by atoms with Gasteiger partial charge in [-0.15, -0.1) is 0 Å². The van der Waals surface area contributed by atoms with Crippen LogP contribution in [-0.4, -0.2) is 41.1 Å². The minimum atomic E-state index is -3.86. The third kappa shape index (κ3) is 5.06. The summed E-state index contributed by atoms with van der Waals surface area (Å²) in [6.45, 7) is 2.41. The molecule has 0 unspecified atom stereocenters. The van der Waals surface area contributed by atoms with Gasteiger partial charge in [0.05, 0.1) is 17.2 Å². The lowest BCUT2D eigenvalue weighted by Crippen LogP contribution is -2.41. The maximum Gasteiger partial charge on any atom is 0.264 e. The van der Waals surface area contributed by atoms with E-state index in [1.807, 2.05) is 19.1 Å². The van der Waals surface area contributed by atoms with Gasteiger partial charge in [-0.3, -0.25) is 9.10 Å². The van der Waals surface area contributed by atoms with Crippen molar-refractivity contribution in [2.75, 3.05) is 31.1 Å². The minimum Gasteiger partial charge on any atom is -0.383 e. The van der Waals surface area contributed by atoms with Crippen LogP contribution in [0.15, 0.2) is 59.5 Å². The Bertz CT molecular complexity index is 805. The fourth-order valence-electron chi connectivity index (χ4n) is 2.41. The third-order valence-corrected chi connectivity index (χ3v) is 5.67. The van der Waals surface area contributed by atoms with Crippen LogP contribution in [0.1, 0.15) is 12.5 Å².